The Hall–Kier alpha value is -1.07. The molecule has 0 saturated carbocycles. The molecular weight excluding hydrogens is 1100 g/mol. The van der Waals surface area contributed by atoms with E-state index in [0.29, 0.717) is 6.42 Å². The number of amides is 1. The molecule has 1 fully saturated rings. The van der Waals surface area contributed by atoms with Gasteiger partial charge in [-0.25, -0.2) is 0 Å². The maximum atomic E-state index is 13.2. The molecule has 1 rings (SSSR count). The summed E-state index contributed by atoms with van der Waals surface area (Å²) in [5.74, 6) is -0.165. The van der Waals surface area contributed by atoms with Crippen molar-refractivity contribution in [1.29, 1.82) is 0 Å². The van der Waals surface area contributed by atoms with E-state index in [2.05, 4.69) is 19.2 Å². The Balaban J connectivity index is 2.04. The maximum Gasteiger partial charge on any atom is 0.220 e. The van der Waals surface area contributed by atoms with Gasteiger partial charge in [-0.05, 0) is 19.3 Å². The molecule has 0 radical (unpaired) electrons. The molecule has 0 spiro atoms. The van der Waals surface area contributed by atoms with E-state index in [1.165, 1.54) is 379 Å². The summed E-state index contributed by atoms with van der Waals surface area (Å²) in [7, 11) is 0. The second-order valence-electron chi connectivity index (χ2n) is 28.6. The molecule has 9 nitrogen and oxygen atoms in total. The van der Waals surface area contributed by atoms with Gasteiger partial charge in [0.2, 0.25) is 5.91 Å². The van der Waals surface area contributed by atoms with Gasteiger partial charge in [0.05, 0.1) is 25.4 Å². The van der Waals surface area contributed by atoms with Crippen molar-refractivity contribution >= 4 is 5.91 Å². The van der Waals surface area contributed by atoms with Crippen LogP contribution in [0.1, 0.15) is 438 Å². The van der Waals surface area contributed by atoms with E-state index < -0.39 is 49.5 Å². The molecule has 0 aliphatic carbocycles. The van der Waals surface area contributed by atoms with E-state index in [1.54, 1.807) is 6.08 Å². The van der Waals surface area contributed by atoms with Crippen LogP contribution in [-0.4, -0.2) is 87.5 Å². The molecule has 1 saturated heterocycles. The van der Waals surface area contributed by atoms with Gasteiger partial charge in [-0.2, -0.15) is 0 Å². The van der Waals surface area contributed by atoms with E-state index in [1.807, 2.05) is 6.08 Å². The van der Waals surface area contributed by atoms with E-state index in [0.717, 1.165) is 38.5 Å². The van der Waals surface area contributed by atoms with Crippen LogP contribution in [-0.2, 0) is 14.3 Å². The number of hydrogen-bond acceptors (Lipinski definition) is 8. The largest absolute Gasteiger partial charge is 0.394 e. The van der Waals surface area contributed by atoms with Gasteiger partial charge in [0.1, 0.15) is 24.4 Å². The fourth-order valence-corrected chi connectivity index (χ4v) is 13.6. The predicted molar refractivity (Wildman–Crippen MR) is 383 cm³/mol. The Kier molecular flexibility index (Phi) is 67.4. The summed E-state index contributed by atoms with van der Waals surface area (Å²) >= 11 is 0. The van der Waals surface area contributed by atoms with Crippen molar-refractivity contribution in [3.63, 3.8) is 0 Å². The second-order valence-corrected chi connectivity index (χ2v) is 28.6. The van der Waals surface area contributed by atoms with Gasteiger partial charge < -0.3 is 40.3 Å². The topological polar surface area (TPSA) is 149 Å². The molecule has 89 heavy (non-hydrogen) atoms. The summed E-state index contributed by atoms with van der Waals surface area (Å²) in [6.45, 7) is 3.86. The number of allylic oxidation sites excluding steroid dienone is 1. The van der Waals surface area contributed by atoms with Gasteiger partial charge in [0.25, 0.3) is 0 Å². The van der Waals surface area contributed by atoms with Crippen molar-refractivity contribution in [2.75, 3.05) is 13.2 Å². The normalized spacial score (nSPS) is 17.8. The third-order valence-corrected chi connectivity index (χ3v) is 19.9. The highest BCUT2D eigenvalue weighted by atomic mass is 16.7. The van der Waals surface area contributed by atoms with Crippen LogP contribution in [0.15, 0.2) is 12.2 Å². The van der Waals surface area contributed by atoms with E-state index in [9.17, 15) is 30.3 Å². The minimum Gasteiger partial charge on any atom is -0.394 e. The number of unbranched alkanes of at least 4 members (excludes halogenated alkanes) is 63. The van der Waals surface area contributed by atoms with Crippen LogP contribution in [0.3, 0.4) is 0 Å². The van der Waals surface area contributed by atoms with Crippen molar-refractivity contribution in [3.8, 4) is 0 Å². The zero-order valence-electron chi connectivity index (χ0n) is 59.7. The van der Waals surface area contributed by atoms with Crippen molar-refractivity contribution in [3.05, 3.63) is 12.2 Å². The van der Waals surface area contributed by atoms with Gasteiger partial charge in [-0.1, -0.05) is 424 Å². The molecule has 0 aromatic carbocycles. The molecule has 0 aromatic heterocycles. The molecule has 1 amide bonds. The molecule has 1 aliphatic heterocycles. The Morgan fingerprint density at radius 2 is 0.618 bits per heavy atom. The summed E-state index contributed by atoms with van der Waals surface area (Å²) in [6, 6.07) is -0.803. The second kappa shape index (κ2) is 69.8. The Morgan fingerprint density at radius 1 is 0.371 bits per heavy atom. The standard InChI is InChI=1S/C80H157NO8/c1-3-5-7-9-11-13-15-17-19-21-23-25-27-29-31-33-34-35-36-37-38-39-40-42-44-46-48-50-52-54-56-58-60-62-64-66-68-70-76(84)81-73(72-88-80-79(87)78(86)77(85)75(71-82)89-80)74(83)69-67-65-63-61-59-57-55-53-51-49-47-45-43-41-32-30-28-26-24-22-20-18-16-14-12-10-8-6-4-2/h67,69,73-75,77-80,82-83,85-87H,3-66,68,70-72H2,1-2H3,(H,81,84)/b69-67+. The fraction of sp³-hybridized carbons (Fsp3) is 0.963. The van der Waals surface area contributed by atoms with Crippen LogP contribution in [0, 0.1) is 0 Å². The lowest BCUT2D eigenvalue weighted by Crippen LogP contribution is -2.60. The van der Waals surface area contributed by atoms with Crippen molar-refractivity contribution in [1.82, 2.24) is 5.32 Å². The highest BCUT2D eigenvalue weighted by Gasteiger charge is 2.44. The molecule has 7 unspecified atom stereocenters. The van der Waals surface area contributed by atoms with Gasteiger partial charge in [-0.15, -0.1) is 0 Å². The Bertz CT molecular complexity index is 1410. The Labute approximate surface area is 554 Å². The molecular formula is C80H157NO8. The molecule has 1 heterocycles. The molecule has 0 aromatic rings. The number of nitrogens with one attached hydrogen (secondary N) is 1. The minimum absolute atomic E-state index is 0.165. The highest BCUT2D eigenvalue weighted by Crippen LogP contribution is 2.24. The smallest absolute Gasteiger partial charge is 0.220 e. The van der Waals surface area contributed by atoms with Gasteiger partial charge in [-0.3, -0.25) is 4.79 Å². The number of ether oxygens (including phenoxy) is 2. The lowest BCUT2D eigenvalue weighted by molar-refractivity contribution is -0.302. The van der Waals surface area contributed by atoms with Crippen molar-refractivity contribution in [2.45, 2.75) is 480 Å². The number of aliphatic hydroxyl groups excluding tert-OH is 5. The predicted octanol–water partition coefficient (Wildman–Crippen LogP) is 23.0. The van der Waals surface area contributed by atoms with E-state index in [4.69, 9.17) is 9.47 Å². The number of rotatable bonds is 73. The lowest BCUT2D eigenvalue weighted by atomic mass is 9.99. The number of carbonyl (C=O) groups excluding carboxylic acids is 1. The zero-order valence-corrected chi connectivity index (χ0v) is 59.7. The minimum atomic E-state index is -1.57. The molecule has 7 atom stereocenters. The molecule has 530 valence electrons. The highest BCUT2D eigenvalue weighted by molar-refractivity contribution is 5.76. The van der Waals surface area contributed by atoms with Crippen LogP contribution < -0.4 is 5.32 Å². The van der Waals surface area contributed by atoms with Crippen molar-refractivity contribution < 1.29 is 39.8 Å². The average molecular weight is 1260 g/mol. The zero-order chi connectivity index (χ0) is 64.2. The first-order chi connectivity index (χ1) is 43.8. The first kappa shape index (κ1) is 85.9. The number of hydrogen-bond donors (Lipinski definition) is 6. The van der Waals surface area contributed by atoms with Gasteiger partial charge in [0, 0.05) is 6.42 Å². The number of carbonyl (C=O) groups is 1. The summed E-state index contributed by atoms with van der Waals surface area (Å²) in [5.41, 5.74) is 0. The summed E-state index contributed by atoms with van der Waals surface area (Å²) in [6.07, 6.45) is 85.2. The third-order valence-electron chi connectivity index (χ3n) is 19.9. The first-order valence-electron chi connectivity index (χ1n) is 40.4. The lowest BCUT2D eigenvalue weighted by Gasteiger charge is -2.40. The third kappa shape index (κ3) is 58.1. The van der Waals surface area contributed by atoms with Crippen LogP contribution in [0.25, 0.3) is 0 Å². The van der Waals surface area contributed by atoms with Crippen molar-refractivity contribution in [2.24, 2.45) is 0 Å². The molecule has 6 N–H and O–H groups in total. The van der Waals surface area contributed by atoms with Crippen LogP contribution in [0.4, 0.5) is 0 Å². The molecule has 0 bridgehead atoms. The van der Waals surface area contributed by atoms with Gasteiger partial charge >= 0.3 is 0 Å². The SMILES string of the molecule is CCCCCCCCCCCCCCCCCCCCCCCCCCCCC/C=C/C(O)C(COC1OC(CO)C(O)C(O)C1O)NC(=O)CCCCCCCCCCCCCCCCCCCCCCCCCCCCCCCCCCCCCCC. The van der Waals surface area contributed by atoms with Crippen LogP contribution in [0.5, 0.6) is 0 Å². The monoisotopic (exact) mass is 1260 g/mol. The number of aliphatic hydroxyl groups is 5. The van der Waals surface area contributed by atoms with E-state index in [-0.39, 0.29) is 12.5 Å². The van der Waals surface area contributed by atoms with Crippen LogP contribution >= 0.6 is 0 Å². The van der Waals surface area contributed by atoms with E-state index >= 15 is 0 Å². The fourth-order valence-electron chi connectivity index (χ4n) is 13.6. The summed E-state index contributed by atoms with van der Waals surface area (Å²) in [5, 5.41) is 54.9. The Morgan fingerprint density at radius 3 is 0.876 bits per heavy atom. The molecule has 1 aliphatic rings. The van der Waals surface area contributed by atoms with Crippen LogP contribution in [0.2, 0.25) is 0 Å². The summed E-state index contributed by atoms with van der Waals surface area (Å²) in [4.78, 5) is 13.2. The summed E-state index contributed by atoms with van der Waals surface area (Å²) < 4.78 is 11.4. The quantitative estimate of drug-likeness (QED) is 0.0261. The molecule has 9 heteroatoms. The first-order valence-corrected chi connectivity index (χ1v) is 40.4. The average Bonchev–Trinajstić information content (AvgIpc) is 3.50. The maximum absolute atomic E-state index is 13.2. The van der Waals surface area contributed by atoms with Gasteiger partial charge in [0.15, 0.2) is 6.29 Å².